The van der Waals surface area contributed by atoms with Crippen molar-refractivity contribution >= 4 is 17.5 Å². The Morgan fingerprint density at radius 3 is 2.29 bits per heavy atom. The fourth-order valence-electron chi connectivity index (χ4n) is 2.31. The number of halogens is 1. The standard InChI is InChI=1S/C18H20ClNO4/c1-22-15-11-17(24-3)16(23-2)10-14(15)18(21)20-8-7-12-5-4-6-13(19)9-12/h4-6,9-11H,7-8H2,1-3H3,(H,20,21). The fourth-order valence-corrected chi connectivity index (χ4v) is 2.53. The molecule has 0 unspecified atom stereocenters. The second-order valence-corrected chi connectivity index (χ2v) is 5.48. The normalized spacial score (nSPS) is 10.2. The molecule has 2 rings (SSSR count). The minimum Gasteiger partial charge on any atom is -0.496 e. The zero-order valence-corrected chi connectivity index (χ0v) is 14.6. The van der Waals surface area contributed by atoms with E-state index in [9.17, 15) is 4.79 Å². The SMILES string of the molecule is COc1cc(OC)c(C(=O)NCCc2cccc(Cl)c2)cc1OC. The van der Waals surface area contributed by atoms with Crippen LogP contribution in [0.3, 0.4) is 0 Å². The molecule has 0 saturated heterocycles. The number of ether oxygens (including phenoxy) is 3. The Bertz CT molecular complexity index is 718. The Balaban J connectivity index is 2.08. The minimum atomic E-state index is -0.241. The second kappa shape index (κ2) is 8.45. The summed E-state index contributed by atoms with van der Waals surface area (Å²) in [6.07, 6.45) is 0.682. The molecule has 128 valence electrons. The van der Waals surface area contributed by atoms with E-state index in [4.69, 9.17) is 25.8 Å². The van der Waals surface area contributed by atoms with Crippen molar-refractivity contribution in [2.45, 2.75) is 6.42 Å². The van der Waals surface area contributed by atoms with Crippen molar-refractivity contribution in [3.8, 4) is 17.2 Å². The predicted molar refractivity (Wildman–Crippen MR) is 93.6 cm³/mol. The van der Waals surface area contributed by atoms with Crippen molar-refractivity contribution in [3.05, 3.63) is 52.5 Å². The molecule has 0 atom stereocenters. The van der Waals surface area contributed by atoms with Gasteiger partial charge in [-0.15, -0.1) is 0 Å². The maximum Gasteiger partial charge on any atom is 0.255 e. The molecular formula is C18H20ClNO4. The molecule has 0 bridgehead atoms. The third-order valence-corrected chi connectivity index (χ3v) is 3.77. The molecule has 0 aromatic heterocycles. The smallest absolute Gasteiger partial charge is 0.255 e. The zero-order chi connectivity index (χ0) is 17.5. The van der Waals surface area contributed by atoms with Crippen LogP contribution in [0, 0.1) is 0 Å². The first-order valence-corrected chi connectivity index (χ1v) is 7.79. The molecule has 24 heavy (non-hydrogen) atoms. The third kappa shape index (κ3) is 4.32. The first-order chi connectivity index (χ1) is 11.6. The maximum absolute atomic E-state index is 12.4. The van der Waals surface area contributed by atoms with E-state index in [1.807, 2.05) is 24.3 Å². The number of hydrogen-bond donors (Lipinski definition) is 1. The lowest BCUT2D eigenvalue weighted by Crippen LogP contribution is -2.26. The summed E-state index contributed by atoms with van der Waals surface area (Å²) in [5.41, 5.74) is 1.45. The van der Waals surface area contributed by atoms with E-state index < -0.39 is 0 Å². The van der Waals surface area contributed by atoms with E-state index in [-0.39, 0.29) is 5.91 Å². The van der Waals surface area contributed by atoms with Crippen molar-refractivity contribution < 1.29 is 19.0 Å². The molecule has 6 heteroatoms. The van der Waals surface area contributed by atoms with E-state index in [0.29, 0.717) is 40.8 Å². The summed E-state index contributed by atoms with van der Waals surface area (Å²) in [6.45, 7) is 0.483. The average Bonchev–Trinajstić information content (AvgIpc) is 2.60. The largest absolute Gasteiger partial charge is 0.496 e. The number of methoxy groups -OCH3 is 3. The summed E-state index contributed by atoms with van der Waals surface area (Å²) < 4.78 is 15.7. The lowest BCUT2D eigenvalue weighted by molar-refractivity contribution is 0.0950. The summed E-state index contributed by atoms with van der Waals surface area (Å²) >= 11 is 5.95. The summed E-state index contributed by atoms with van der Waals surface area (Å²) in [7, 11) is 4.55. The van der Waals surface area contributed by atoms with Crippen molar-refractivity contribution in [3.63, 3.8) is 0 Å². The minimum absolute atomic E-state index is 0.241. The van der Waals surface area contributed by atoms with Gasteiger partial charge in [-0.1, -0.05) is 23.7 Å². The van der Waals surface area contributed by atoms with Crippen LogP contribution in [-0.2, 0) is 6.42 Å². The van der Waals surface area contributed by atoms with Crippen molar-refractivity contribution in [1.29, 1.82) is 0 Å². The molecule has 0 radical (unpaired) electrons. The van der Waals surface area contributed by atoms with Gasteiger partial charge in [0.2, 0.25) is 0 Å². The first-order valence-electron chi connectivity index (χ1n) is 7.41. The van der Waals surface area contributed by atoms with Crippen LogP contribution < -0.4 is 19.5 Å². The number of hydrogen-bond acceptors (Lipinski definition) is 4. The van der Waals surface area contributed by atoms with Crippen LogP contribution >= 0.6 is 11.6 Å². The molecule has 1 amide bonds. The van der Waals surface area contributed by atoms with Crippen LogP contribution in [0.1, 0.15) is 15.9 Å². The van der Waals surface area contributed by atoms with Gasteiger partial charge in [0, 0.05) is 23.7 Å². The average molecular weight is 350 g/mol. The zero-order valence-electron chi connectivity index (χ0n) is 13.9. The van der Waals surface area contributed by atoms with E-state index in [1.165, 1.54) is 21.3 Å². The van der Waals surface area contributed by atoms with Crippen LogP contribution in [0.5, 0.6) is 17.2 Å². The molecule has 2 aromatic rings. The molecule has 0 aliphatic heterocycles. The van der Waals surface area contributed by atoms with Gasteiger partial charge in [-0.25, -0.2) is 0 Å². The molecule has 5 nitrogen and oxygen atoms in total. The highest BCUT2D eigenvalue weighted by molar-refractivity contribution is 6.30. The van der Waals surface area contributed by atoms with E-state index in [1.54, 1.807) is 12.1 Å². The highest BCUT2D eigenvalue weighted by Crippen LogP contribution is 2.34. The number of rotatable bonds is 7. The molecular weight excluding hydrogens is 330 g/mol. The molecule has 0 spiro atoms. The van der Waals surface area contributed by atoms with Gasteiger partial charge in [-0.3, -0.25) is 4.79 Å². The molecule has 1 N–H and O–H groups in total. The number of nitrogens with one attached hydrogen (secondary N) is 1. The number of benzene rings is 2. The number of carbonyl (C=O) groups is 1. The molecule has 0 aliphatic rings. The van der Waals surface area contributed by atoms with Gasteiger partial charge < -0.3 is 19.5 Å². The Labute approximate surface area is 146 Å². The Morgan fingerprint density at radius 2 is 1.67 bits per heavy atom. The van der Waals surface area contributed by atoms with Crippen LogP contribution in [0.4, 0.5) is 0 Å². The van der Waals surface area contributed by atoms with Gasteiger partial charge in [0.15, 0.2) is 11.5 Å². The van der Waals surface area contributed by atoms with Gasteiger partial charge in [0.25, 0.3) is 5.91 Å². The van der Waals surface area contributed by atoms with E-state index in [2.05, 4.69) is 5.32 Å². The van der Waals surface area contributed by atoms with Gasteiger partial charge in [0.1, 0.15) is 5.75 Å². The van der Waals surface area contributed by atoms with Gasteiger partial charge in [-0.2, -0.15) is 0 Å². The molecule has 0 fully saturated rings. The molecule has 0 heterocycles. The second-order valence-electron chi connectivity index (χ2n) is 5.04. The summed E-state index contributed by atoms with van der Waals surface area (Å²) in [4.78, 5) is 12.4. The number of carbonyl (C=O) groups excluding carboxylic acids is 1. The van der Waals surface area contributed by atoms with Crippen LogP contribution in [0.15, 0.2) is 36.4 Å². The summed E-state index contributed by atoms with van der Waals surface area (Å²) in [5, 5.41) is 3.55. The Kier molecular flexibility index (Phi) is 6.32. The fraction of sp³-hybridized carbons (Fsp3) is 0.278. The lowest BCUT2D eigenvalue weighted by atomic mass is 10.1. The Morgan fingerprint density at radius 1 is 1.00 bits per heavy atom. The molecule has 0 saturated carbocycles. The lowest BCUT2D eigenvalue weighted by Gasteiger charge is -2.14. The third-order valence-electron chi connectivity index (χ3n) is 3.54. The highest BCUT2D eigenvalue weighted by Gasteiger charge is 2.17. The topological polar surface area (TPSA) is 56.8 Å². The van der Waals surface area contributed by atoms with E-state index in [0.717, 1.165) is 5.56 Å². The quantitative estimate of drug-likeness (QED) is 0.833. The predicted octanol–water partition coefficient (Wildman–Crippen LogP) is 3.34. The Hall–Kier alpha value is -2.40. The van der Waals surface area contributed by atoms with E-state index >= 15 is 0 Å². The maximum atomic E-state index is 12.4. The van der Waals surface area contributed by atoms with Gasteiger partial charge in [0.05, 0.1) is 26.9 Å². The monoisotopic (exact) mass is 349 g/mol. The van der Waals surface area contributed by atoms with Gasteiger partial charge in [-0.05, 0) is 24.1 Å². The summed E-state index contributed by atoms with van der Waals surface area (Å²) in [5.74, 6) is 1.16. The van der Waals surface area contributed by atoms with Crippen molar-refractivity contribution in [2.75, 3.05) is 27.9 Å². The van der Waals surface area contributed by atoms with Crippen molar-refractivity contribution in [2.24, 2.45) is 0 Å². The van der Waals surface area contributed by atoms with Crippen LogP contribution in [0.2, 0.25) is 5.02 Å². The van der Waals surface area contributed by atoms with Gasteiger partial charge >= 0.3 is 0 Å². The molecule has 2 aromatic carbocycles. The highest BCUT2D eigenvalue weighted by atomic mass is 35.5. The van der Waals surface area contributed by atoms with Crippen molar-refractivity contribution in [1.82, 2.24) is 5.32 Å². The number of amides is 1. The molecule has 0 aliphatic carbocycles. The van der Waals surface area contributed by atoms with Crippen LogP contribution in [-0.4, -0.2) is 33.8 Å². The summed E-state index contributed by atoms with van der Waals surface area (Å²) in [6, 6.07) is 10.8. The van der Waals surface area contributed by atoms with Crippen LogP contribution in [0.25, 0.3) is 0 Å². The first kappa shape index (κ1) is 17.9.